The van der Waals surface area contributed by atoms with Gasteiger partial charge in [0.2, 0.25) is 11.1 Å². The first-order valence-corrected chi connectivity index (χ1v) is 7.03. The van der Waals surface area contributed by atoms with Crippen LogP contribution < -0.4 is 14.4 Å². The first kappa shape index (κ1) is 12.7. The standard InChI is InChI=1S/C13H11N3O3S/c17-12-9-20-13(10-5-1-3-7-14(10)18)16(12)11-6-2-4-8-15(11)19/h1-8,13H,9H2. The topological polar surface area (TPSA) is 74.2 Å². The number of pyridine rings is 2. The molecule has 1 aliphatic heterocycles. The van der Waals surface area contributed by atoms with Crippen LogP contribution in [0.3, 0.4) is 0 Å². The van der Waals surface area contributed by atoms with Gasteiger partial charge in [0.25, 0.3) is 5.82 Å². The molecule has 20 heavy (non-hydrogen) atoms. The van der Waals surface area contributed by atoms with Gasteiger partial charge in [-0.05, 0) is 12.1 Å². The molecule has 0 bridgehead atoms. The molecule has 0 aromatic carbocycles. The smallest absolute Gasteiger partial charge is 0.321 e. The third kappa shape index (κ3) is 2.05. The van der Waals surface area contributed by atoms with Gasteiger partial charge in [0, 0.05) is 18.2 Å². The van der Waals surface area contributed by atoms with Crippen LogP contribution in [0.4, 0.5) is 5.82 Å². The number of anilines is 1. The summed E-state index contributed by atoms with van der Waals surface area (Å²) in [4.78, 5) is 13.4. The number of hydrogen-bond donors (Lipinski definition) is 0. The Bertz CT molecular complexity index is 665. The van der Waals surface area contributed by atoms with Gasteiger partial charge < -0.3 is 10.4 Å². The molecule has 2 aromatic rings. The number of nitrogens with zero attached hydrogens (tertiary/aromatic N) is 3. The van der Waals surface area contributed by atoms with Crippen molar-refractivity contribution in [3.05, 3.63) is 64.9 Å². The van der Waals surface area contributed by atoms with Gasteiger partial charge in [0.05, 0.1) is 6.20 Å². The molecule has 6 nitrogen and oxygen atoms in total. The average Bonchev–Trinajstić information content (AvgIpc) is 2.82. The molecule has 0 saturated carbocycles. The molecule has 0 N–H and O–H groups in total. The van der Waals surface area contributed by atoms with E-state index < -0.39 is 5.37 Å². The first-order chi connectivity index (χ1) is 9.68. The molecule has 1 aliphatic rings. The van der Waals surface area contributed by atoms with Gasteiger partial charge in [0.1, 0.15) is 5.75 Å². The van der Waals surface area contributed by atoms with Crippen LogP contribution in [-0.4, -0.2) is 11.7 Å². The summed E-state index contributed by atoms with van der Waals surface area (Å²) < 4.78 is 1.36. The summed E-state index contributed by atoms with van der Waals surface area (Å²) >= 11 is 1.33. The van der Waals surface area contributed by atoms with Crippen LogP contribution in [0.1, 0.15) is 11.1 Å². The second kappa shape index (κ2) is 5.01. The van der Waals surface area contributed by atoms with Gasteiger partial charge in [-0.1, -0.05) is 17.8 Å². The molecule has 0 aliphatic carbocycles. The summed E-state index contributed by atoms with van der Waals surface area (Å²) in [6.45, 7) is 0. The normalized spacial score (nSPS) is 18.5. The molecule has 3 rings (SSSR count). The van der Waals surface area contributed by atoms with E-state index in [1.54, 1.807) is 36.4 Å². The lowest BCUT2D eigenvalue weighted by molar-refractivity contribution is -0.614. The minimum Gasteiger partial charge on any atom is -0.711 e. The number of carbonyl (C=O) groups is 1. The third-order valence-corrected chi connectivity index (χ3v) is 4.21. The van der Waals surface area contributed by atoms with Crippen LogP contribution in [0.5, 0.6) is 0 Å². The molecule has 1 unspecified atom stereocenters. The van der Waals surface area contributed by atoms with Crippen LogP contribution >= 0.6 is 11.8 Å². The second-order valence-corrected chi connectivity index (χ2v) is 5.33. The quantitative estimate of drug-likeness (QED) is 0.603. The fourth-order valence-corrected chi connectivity index (χ4v) is 3.30. The minimum absolute atomic E-state index is 0.181. The molecule has 1 saturated heterocycles. The summed E-state index contributed by atoms with van der Waals surface area (Å²) in [6.07, 6.45) is 2.71. The number of hydrogen-bond acceptors (Lipinski definition) is 4. The fraction of sp³-hybridized carbons (Fsp3) is 0.154. The van der Waals surface area contributed by atoms with E-state index in [0.29, 0.717) is 10.4 Å². The van der Waals surface area contributed by atoms with Gasteiger partial charge in [-0.25, -0.2) is 9.52 Å². The Morgan fingerprint density at radius 2 is 1.80 bits per heavy atom. The van der Waals surface area contributed by atoms with Crippen LogP contribution in [0, 0.1) is 10.4 Å². The number of rotatable bonds is 2. The van der Waals surface area contributed by atoms with Crippen molar-refractivity contribution in [2.45, 2.75) is 5.37 Å². The van der Waals surface area contributed by atoms with E-state index in [1.807, 2.05) is 0 Å². The van der Waals surface area contributed by atoms with E-state index in [9.17, 15) is 15.2 Å². The zero-order valence-electron chi connectivity index (χ0n) is 10.4. The summed E-state index contributed by atoms with van der Waals surface area (Å²) in [7, 11) is 0. The van der Waals surface area contributed by atoms with Crippen molar-refractivity contribution in [2.24, 2.45) is 0 Å². The van der Waals surface area contributed by atoms with Gasteiger partial charge >= 0.3 is 5.91 Å². The number of thioether (sulfide) groups is 1. The highest BCUT2D eigenvalue weighted by molar-refractivity contribution is 8.00. The van der Waals surface area contributed by atoms with E-state index >= 15 is 0 Å². The summed E-state index contributed by atoms with van der Waals surface area (Å²) in [6, 6.07) is 9.87. The van der Waals surface area contributed by atoms with E-state index in [2.05, 4.69) is 0 Å². The third-order valence-electron chi connectivity index (χ3n) is 3.03. The van der Waals surface area contributed by atoms with Crippen molar-refractivity contribution < 1.29 is 14.3 Å². The maximum Gasteiger partial charge on any atom is 0.321 e. The van der Waals surface area contributed by atoms with E-state index in [1.165, 1.54) is 29.1 Å². The van der Waals surface area contributed by atoms with Crippen molar-refractivity contribution in [2.75, 3.05) is 10.7 Å². The molecule has 1 atom stereocenters. The van der Waals surface area contributed by atoms with E-state index in [-0.39, 0.29) is 17.5 Å². The van der Waals surface area contributed by atoms with Crippen molar-refractivity contribution in [1.82, 2.24) is 0 Å². The molecule has 3 heterocycles. The van der Waals surface area contributed by atoms with E-state index in [4.69, 9.17) is 0 Å². The van der Waals surface area contributed by atoms with Gasteiger partial charge in [-0.2, -0.15) is 9.63 Å². The molecule has 2 aromatic heterocycles. The molecule has 7 heteroatoms. The lowest BCUT2D eigenvalue weighted by Gasteiger charge is -2.18. The monoisotopic (exact) mass is 289 g/mol. The Balaban J connectivity index is 2.06. The fourth-order valence-electron chi connectivity index (χ4n) is 2.13. The van der Waals surface area contributed by atoms with Crippen molar-refractivity contribution in [3.63, 3.8) is 0 Å². The summed E-state index contributed by atoms with van der Waals surface area (Å²) in [5, 5.41) is 23.2. The Morgan fingerprint density at radius 3 is 2.50 bits per heavy atom. The maximum atomic E-state index is 12.1. The van der Waals surface area contributed by atoms with Crippen LogP contribution in [-0.2, 0) is 4.79 Å². The lowest BCUT2D eigenvalue weighted by Crippen LogP contribution is -2.43. The largest absolute Gasteiger partial charge is 0.711 e. The first-order valence-electron chi connectivity index (χ1n) is 5.98. The molecular formula is C13H11N3O3S. The number of aromatic nitrogens is 2. The SMILES string of the molecule is O=C1CSC(c2cccc[n+]2[O-])N1c1cccc[n+]1[O-]. The van der Waals surface area contributed by atoms with Crippen molar-refractivity contribution in [1.29, 1.82) is 0 Å². The Kier molecular flexibility index (Phi) is 3.19. The predicted molar refractivity (Wildman–Crippen MR) is 73.5 cm³/mol. The molecule has 0 spiro atoms. The van der Waals surface area contributed by atoms with Crippen LogP contribution in [0.15, 0.2) is 48.8 Å². The summed E-state index contributed by atoms with van der Waals surface area (Å²) in [5.41, 5.74) is 0.437. The van der Waals surface area contributed by atoms with Crippen molar-refractivity contribution in [3.8, 4) is 0 Å². The molecular weight excluding hydrogens is 278 g/mol. The maximum absolute atomic E-state index is 12.1. The highest BCUT2D eigenvalue weighted by Gasteiger charge is 2.45. The zero-order valence-corrected chi connectivity index (χ0v) is 11.2. The van der Waals surface area contributed by atoms with Gasteiger partial charge in [0.15, 0.2) is 6.20 Å². The molecule has 1 amide bonds. The minimum atomic E-state index is -0.483. The van der Waals surface area contributed by atoms with Crippen LogP contribution in [0.25, 0.3) is 0 Å². The Hall–Kier alpha value is -2.28. The highest BCUT2D eigenvalue weighted by Crippen LogP contribution is 2.39. The Labute approximate surface area is 119 Å². The summed E-state index contributed by atoms with van der Waals surface area (Å²) in [5.74, 6) is 0.296. The Morgan fingerprint density at radius 1 is 1.10 bits per heavy atom. The number of amides is 1. The van der Waals surface area contributed by atoms with Crippen molar-refractivity contribution >= 4 is 23.5 Å². The van der Waals surface area contributed by atoms with Gasteiger partial charge in [-0.15, -0.1) is 0 Å². The molecule has 0 radical (unpaired) electrons. The zero-order chi connectivity index (χ0) is 14.1. The van der Waals surface area contributed by atoms with Crippen LogP contribution in [0.2, 0.25) is 0 Å². The highest BCUT2D eigenvalue weighted by atomic mass is 32.2. The second-order valence-electron chi connectivity index (χ2n) is 4.26. The average molecular weight is 289 g/mol. The van der Waals surface area contributed by atoms with Gasteiger partial charge in [-0.3, -0.25) is 0 Å². The van der Waals surface area contributed by atoms with E-state index in [0.717, 1.165) is 4.73 Å². The molecule has 1 fully saturated rings. The number of carbonyl (C=O) groups excluding carboxylic acids is 1. The molecule has 102 valence electrons. The lowest BCUT2D eigenvalue weighted by atomic mass is 10.3. The predicted octanol–water partition coefficient (Wildman–Crippen LogP) is 0.732.